The van der Waals surface area contributed by atoms with E-state index in [1.165, 1.54) is 5.56 Å². The van der Waals surface area contributed by atoms with E-state index in [4.69, 9.17) is 5.73 Å². The summed E-state index contributed by atoms with van der Waals surface area (Å²) in [5, 5.41) is 0. The van der Waals surface area contributed by atoms with E-state index in [1.54, 1.807) is 6.33 Å². The molecule has 0 aliphatic rings. The molecule has 7 heteroatoms. The standard InChI is InChI=1S/C19H28N4O.2ClH/c1-3-10-23(11-4-2)19(24)18(20)12-17-14-22(15-21-17)13-16-8-6-5-7-9-16;;/h5-9,14-15,18H,3-4,10-13,20H2,1-2H3;2*1H/t18-;;/m0../s1. The summed E-state index contributed by atoms with van der Waals surface area (Å²) in [6.45, 7) is 6.46. The van der Waals surface area contributed by atoms with Crippen molar-refractivity contribution in [1.82, 2.24) is 14.5 Å². The summed E-state index contributed by atoms with van der Waals surface area (Å²) in [5.41, 5.74) is 8.21. The summed E-state index contributed by atoms with van der Waals surface area (Å²) < 4.78 is 2.03. The van der Waals surface area contributed by atoms with Gasteiger partial charge in [0, 0.05) is 32.3 Å². The summed E-state index contributed by atoms with van der Waals surface area (Å²) in [4.78, 5) is 18.8. The average Bonchev–Trinajstić information content (AvgIpc) is 3.01. The molecule has 1 aromatic carbocycles. The number of halogens is 2. The van der Waals surface area contributed by atoms with Crippen molar-refractivity contribution in [2.75, 3.05) is 13.1 Å². The third kappa shape index (κ3) is 7.36. The predicted molar refractivity (Wildman–Crippen MR) is 111 cm³/mol. The van der Waals surface area contributed by atoms with Crippen LogP contribution in [0.1, 0.15) is 37.9 Å². The van der Waals surface area contributed by atoms with Gasteiger partial charge in [-0.05, 0) is 18.4 Å². The molecule has 0 fully saturated rings. The molecule has 0 spiro atoms. The molecular formula is C19H30Cl2N4O. The fourth-order valence-corrected chi connectivity index (χ4v) is 2.81. The van der Waals surface area contributed by atoms with Crippen LogP contribution >= 0.6 is 24.8 Å². The van der Waals surface area contributed by atoms with Crippen molar-refractivity contribution in [3.8, 4) is 0 Å². The quantitative estimate of drug-likeness (QED) is 0.701. The summed E-state index contributed by atoms with van der Waals surface area (Å²) in [7, 11) is 0. The van der Waals surface area contributed by atoms with E-state index in [1.807, 2.05) is 33.9 Å². The highest BCUT2D eigenvalue weighted by Gasteiger charge is 2.21. The Labute approximate surface area is 168 Å². The smallest absolute Gasteiger partial charge is 0.239 e. The Bertz CT molecular complexity index is 627. The van der Waals surface area contributed by atoms with Crippen LogP contribution in [0.5, 0.6) is 0 Å². The van der Waals surface area contributed by atoms with Gasteiger partial charge in [0.15, 0.2) is 0 Å². The van der Waals surface area contributed by atoms with E-state index >= 15 is 0 Å². The lowest BCUT2D eigenvalue weighted by Crippen LogP contribution is -2.45. The molecule has 0 unspecified atom stereocenters. The summed E-state index contributed by atoms with van der Waals surface area (Å²) in [6, 6.07) is 9.70. The molecule has 2 aromatic rings. The highest BCUT2D eigenvalue weighted by atomic mass is 35.5. The SMILES string of the molecule is CCCN(CCC)C(=O)[C@@H](N)Cc1cn(Cc2ccccc2)cn1.Cl.Cl. The van der Waals surface area contributed by atoms with Crippen LogP contribution in [0.2, 0.25) is 0 Å². The zero-order valence-electron chi connectivity index (χ0n) is 15.5. The van der Waals surface area contributed by atoms with Crippen LogP contribution in [0.3, 0.4) is 0 Å². The zero-order valence-corrected chi connectivity index (χ0v) is 17.1. The maximum Gasteiger partial charge on any atom is 0.239 e. The minimum Gasteiger partial charge on any atom is -0.341 e. The van der Waals surface area contributed by atoms with Gasteiger partial charge in [-0.1, -0.05) is 44.2 Å². The van der Waals surface area contributed by atoms with E-state index in [0.717, 1.165) is 38.2 Å². The van der Waals surface area contributed by atoms with Gasteiger partial charge in [0.2, 0.25) is 5.91 Å². The first-order chi connectivity index (χ1) is 11.6. The monoisotopic (exact) mass is 400 g/mol. The summed E-state index contributed by atoms with van der Waals surface area (Å²) in [6.07, 6.45) is 6.15. The summed E-state index contributed by atoms with van der Waals surface area (Å²) in [5.74, 6) is 0.0244. The van der Waals surface area contributed by atoms with Gasteiger partial charge in [-0.25, -0.2) is 4.98 Å². The van der Waals surface area contributed by atoms with Crippen LogP contribution in [0, 0.1) is 0 Å². The van der Waals surface area contributed by atoms with E-state index in [9.17, 15) is 4.79 Å². The molecule has 1 aromatic heterocycles. The van der Waals surface area contributed by atoms with Crippen LogP contribution in [0.15, 0.2) is 42.9 Å². The van der Waals surface area contributed by atoms with Gasteiger partial charge < -0.3 is 15.2 Å². The molecule has 2 N–H and O–H groups in total. The van der Waals surface area contributed by atoms with Crippen molar-refractivity contribution >= 4 is 30.7 Å². The highest BCUT2D eigenvalue weighted by Crippen LogP contribution is 2.07. The molecule has 0 bridgehead atoms. The molecule has 146 valence electrons. The lowest BCUT2D eigenvalue weighted by Gasteiger charge is -2.24. The topological polar surface area (TPSA) is 64.2 Å². The molecule has 0 aliphatic carbocycles. The van der Waals surface area contributed by atoms with E-state index in [2.05, 4.69) is 31.0 Å². The Morgan fingerprint density at radius 2 is 1.77 bits per heavy atom. The largest absolute Gasteiger partial charge is 0.341 e. The van der Waals surface area contributed by atoms with Crippen LogP contribution < -0.4 is 5.73 Å². The Kier molecular flexibility index (Phi) is 12.0. The maximum absolute atomic E-state index is 12.5. The molecular weight excluding hydrogens is 371 g/mol. The number of aromatic nitrogens is 2. The third-order valence-corrected chi connectivity index (χ3v) is 3.94. The summed E-state index contributed by atoms with van der Waals surface area (Å²) >= 11 is 0. The number of rotatable bonds is 9. The second-order valence-corrected chi connectivity index (χ2v) is 6.16. The van der Waals surface area contributed by atoms with Gasteiger partial charge in [-0.3, -0.25) is 4.79 Å². The normalized spacial score (nSPS) is 11.2. The first kappa shape index (κ1) is 24.4. The number of nitrogens with two attached hydrogens (primary N) is 1. The number of amides is 1. The minimum atomic E-state index is -0.525. The van der Waals surface area contributed by atoms with Crippen LogP contribution in [-0.4, -0.2) is 39.5 Å². The van der Waals surface area contributed by atoms with Gasteiger partial charge in [0.05, 0.1) is 18.1 Å². The van der Waals surface area contributed by atoms with E-state index in [-0.39, 0.29) is 30.7 Å². The Balaban J connectivity index is 0.00000312. The maximum atomic E-state index is 12.5. The predicted octanol–water partition coefficient (Wildman–Crippen LogP) is 3.29. The average molecular weight is 401 g/mol. The Morgan fingerprint density at radius 3 is 2.35 bits per heavy atom. The molecule has 1 amide bonds. The molecule has 5 nitrogen and oxygen atoms in total. The van der Waals surface area contributed by atoms with Gasteiger partial charge in [0.1, 0.15) is 0 Å². The highest BCUT2D eigenvalue weighted by molar-refractivity contribution is 5.85. The number of hydrogen-bond donors (Lipinski definition) is 1. The number of imidazole rings is 1. The number of carbonyl (C=O) groups is 1. The van der Waals surface area contributed by atoms with Gasteiger partial charge >= 0.3 is 0 Å². The number of nitrogens with zero attached hydrogens (tertiary/aromatic N) is 3. The first-order valence-corrected chi connectivity index (χ1v) is 8.73. The van der Waals surface area contributed by atoms with Crippen molar-refractivity contribution in [2.45, 2.75) is 45.7 Å². The minimum absolute atomic E-state index is 0. The van der Waals surface area contributed by atoms with Crippen molar-refractivity contribution in [2.24, 2.45) is 5.73 Å². The fourth-order valence-electron chi connectivity index (χ4n) is 2.81. The van der Waals surface area contributed by atoms with Crippen LogP contribution in [0.4, 0.5) is 0 Å². The molecule has 26 heavy (non-hydrogen) atoms. The van der Waals surface area contributed by atoms with E-state index < -0.39 is 6.04 Å². The van der Waals surface area contributed by atoms with Crippen LogP contribution in [-0.2, 0) is 17.8 Å². The zero-order chi connectivity index (χ0) is 17.4. The lowest BCUT2D eigenvalue weighted by molar-refractivity contribution is -0.132. The van der Waals surface area contributed by atoms with Gasteiger partial charge in [-0.15, -0.1) is 24.8 Å². The van der Waals surface area contributed by atoms with Crippen molar-refractivity contribution in [3.05, 3.63) is 54.1 Å². The molecule has 2 rings (SSSR count). The fraction of sp³-hybridized carbons (Fsp3) is 0.474. The second-order valence-electron chi connectivity index (χ2n) is 6.16. The molecule has 1 atom stereocenters. The molecule has 1 heterocycles. The van der Waals surface area contributed by atoms with Gasteiger partial charge in [0.25, 0.3) is 0 Å². The molecule has 0 aliphatic heterocycles. The number of carbonyl (C=O) groups excluding carboxylic acids is 1. The van der Waals surface area contributed by atoms with E-state index in [0.29, 0.717) is 6.42 Å². The van der Waals surface area contributed by atoms with Crippen molar-refractivity contribution < 1.29 is 4.79 Å². The van der Waals surface area contributed by atoms with Crippen LogP contribution in [0.25, 0.3) is 0 Å². The molecule has 0 saturated heterocycles. The number of hydrogen-bond acceptors (Lipinski definition) is 3. The Hall–Kier alpha value is -1.56. The third-order valence-electron chi connectivity index (χ3n) is 3.94. The number of benzene rings is 1. The Morgan fingerprint density at radius 1 is 1.15 bits per heavy atom. The van der Waals surface area contributed by atoms with Gasteiger partial charge in [-0.2, -0.15) is 0 Å². The van der Waals surface area contributed by atoms with Crippen molar-refractivity contribution in [3.63, 3.8) is 0 Å². The second kappa shape index (κ2) is 12.7. The van der Waals surface area contributed by atoms with Crippen molar-refractivity contribution in [1.29, 1.82) is 0 Å². The molecule has 0 radical (unpaired) electrons. The first-order valence-electron chi connectivity index (χ1n) is 8.73. The molecule has 0 saturated carbocycles. The lowest BCUT2D eigenvalue weighted by atomic mass is 10.1.